The molecule has 2 aromatic rings. The van der Waals surface area contributed by atoms with Gasteiger partial charge in [-0.05, 0) is 31.4 Å². The number of rotatable bonds is 3. The van der Waals surface area contributed by atoms with Crippen LogP contribution in [0, 0.1) is 0 Å². The van der Waals surface area contributed by atoms with Gasteiger partial charge in [0.15, 0.2) is 0 Å². The number of aromatic amines is 1. The third-order valence-electron chi connectivity index (χ3n) is 3.61. The fourth-order valence-electron chi connectivity index (χ4n) is 2.39. The van der Waals surface area contributed by atoms with Gasteiger partial charge in [0.1, 0.15) is 11.6 Å². The predicted octanol–water partition coefficient (Wildman–Crippen LogP) is 2.00. The molecule has 0 saturated heterocycles. The van der Waals surface area contributed by atoms with Gasteiger partial charge >= 0.3 is 0 Å². The first kappa shape index (κ1) is 10.6. The molecule has 3 N–H and O–H groups in total. The van der Waals surface area contributed by atoms with Gasteiger partial charge in [-0.2, -0.15) is 0 Å². The molecule has 0 bridgehead atoms. The molecule has 1 aliphatic rings. The minimum absolute atomic E-state index is 0.0298. The Bertz CT molecular complexity index is 543. The van der Waals surface area contributed by atoms with Crippen LogP contribution in [0.15, 0.2) is 18.2 Å². The van der Waals surface area contributed by atoms with E-state index in [4.69, 9.17) is 10.5 Å². The van der Waals surface area contributed by atoms with E-state index < -0.39 is 0 Å². The van der Waals surface area contributed by atoms with Crippen LogP contribution in [0.1, 0.15) is 25.1 Å². The predicted molar refractivity (Wildman–Crippen MR) is 67.1 cm³/mol. The summed E-state index contributed by atoms with van der Waals surface area (Å²) in [5, 5.41) is 0. The summed E-state index contributed by atoms with van der Waals surface area (Å²) < 4.78 is 5.19. The van der Waals surface area contributed by atoms with Crippen LogP contribution in [0.5, 0.6) is 5.75 Å². The van der Waals surface area contributed by atoms with Gasteiger partial charge in [-0.3, -0.25) is 0 Å². The van der Waals surface area contributed by atoms with E-state index in [1.807, 2.05) is 18.2 Å². The van der Waals surface area contributed by atoms with Crippen LogP contribution >= 0.6 is 0 Å². The maximum Gasteiger partial charge on any atom is 0.121 e. The molecule has 3 rings (SSSR count). The molecular formula is C13H17N3O. The van der Waals surface area contributed by atoms with E-state index in [1.165, 1.54) is 6.42 Å². The molecule has 1 saturated carbocycles. The largest absolute Gasteiger partial charge is 0.497 e. The van der Waals surface area contributed by atoms with Crippen molar-refractivity contribution in [2.24, 2.45) is 5.73 Å². The summed E-state index contributed by atoms with van der Waals surface area (Å²) in [5.41, 5.74) is 8.19. The Morgan fingerprint density at radius 2 is 2.29 bits per heavy atom. The van der Waals surface area contributed by atoms with Crippen molar-refractivity contribution in [1.82, 2.24) is 9.97 Å². The quantitative estimate of drug-likeness (QED) is 0.849. The number of nitrogens with two attached hydrogens (primary N) is 1. The van der Waals surface area contributed by atoms with E-state index in [0.29, 0.717) is 0 Å². The normalized spacial score (nSPS) is 18.0. The highest BCUT2D eigenvalue weighted by Crippen LogP contribution is 2.32. The summed E-state index contributed by atoms with van der Waals surface area (Å²) in [7, 11) is 1.67. The summed E-state index contributed by atoms with van der Waals surface area (Å²) in [6, 6.07) is 5.86. The zero-order valence-corrected chi connectivity index (χ0v) is 9.99. The Balaban J connectivity index is 1.90. The lowest BCUT2D eigenvalue weighted by Crippen LogP contribution is -2.48. The van der Waals surface area contributed by atoms with Crippen molar-refractivity contribution in [2.75, 3.05) is 7.11 Å². The minimum Gasteiger partial charge on any atom is -0.497 e. The van der Waals surface area contributed by atoms with Crippen LogP contribution < -0.4 is 10.5 Å². The van der Waals surface area contributed by atoms with E-state index >= 15 is 0 Å². The molecule has 0 amide bonds. The number of ether oxygens (including phenoxy) is 1. The number of hydrogen-bond donors (Lipinski definition) is 2. The topological polar surface area (TPSA) is 63.9 Å². The van der Waals surface area contributed by atoms with Gasteiger partial charge in [0, 0.05) is 18.0 Å². The Hall–Kier alpha value is -1.55. The van der Waals surface area contributed by atoms with E-state index in [2.05, 4.69) is 9.97 Å². The van der Waals surface area contributed by atoms with Crippen LogP contribution in [-0.2, 0) is 6.42 Å². The van der Waals surface area contributed by atoms with E-state index in [-0.39, 0.29) is 5.54 Å². The molecule has 1 aliphatic carbocycles. The van der Waals surface area contributed by atoms with Crippen LogP contribution in [0.25, 0.3) is 11.0 Å². The standard InChI is InChI=1S/C13H17N3O/c1-17-9-3-4-10-11(7-9)16-12(15-10)8-13(14)5-2-6-13/h3-4,7H,2,5-6,8,14H2,1H3,(H,15,16). The number of aromatic nitrogens is 2. The molecular weight excluding hydrogens is 214 g/mol. The van der Waals surface area contributed by atoms with Gasteiger partial charge in [-0.1, -0.05) is 0 Å². The fraction of sp³-hybridized carbons (Fsp3) is 0.462. The second kappa shape index (κ2) is 3.74. The van der Waals surface area contributed by atoms with E-state index in [0.717, 1.165) is 41.9 Å². The minimum atomic E-state index is -0.0298. The highest BCUT2D eigenvalue weighted by molar-refractivity contribution is 5.76. The maximum atomic E-state index is 6.23. The first-order valence-corrected chi connectivity index (χ1v) is 6.00. The summed E-state index contributed by atoms with van der Waals surface area (Å²) >= 11 is 0. The van der Waals surface area contributed by atoms with Crippen LogP contribution in [0.4, 0.5) is 0 Å². The monoisotopic (exact) mass is 231 g/mol. The van der Waals surface area contributed by atoms with Crippen molar-refractivity contribution in [3.05, 3.63) is 24.0 Å². The number of nitrogens with zero attached hydrogens (tertiary/aromatic N) is 1. The van der Waals surface area contributed by atoms with Crippen LogP contribution in [-0.4, -0.2) is 22.6 Å². The number of H-pyrrole nitrogens is 1. The molecule has 1 heterocycles. The molecule has 1 fully saturated rings. The zero-order chi connectivity index (χ0) is 11.9. The molecule has 4 nitrogen and oxygen atoms in total. The average Bonchev–Trinajstić information content (AvgIpc) is 2.67. The third kappa shape index (κ3) is 1.89. The van der Waals surface area contributed by atoms with E-state index in [1.54, 1.807) is 7.11 Å². The lowest BCUT2D eigenvalue weighted by Gasteiger charge is -2.37. The number of nitrogens with one attached hydrogen (secondary N) is 1. The Kier molecular flexibility index (Phi) is 2.33. The third-order valence-corrected chi connectivity index (χ3v) is 3.61. The first-order valence-electron chi connectivity index (χ1n) is 6.00. The highest BCUT2D eigenvalue weighted by Gasteiger charge is 2.33. The molecule has 4 heteroatoms. The number of hydrogen-bond acceptors (Lipinski definition) is 3. The molecule has 0 unspecified atom stereocenters. The van der Waals surface area contributed by atoms with E-state index in [9.17, 15) is 0 Å². The van der Waals surface area contributed by atoms with Gasteiger partial charge in [0.2, 0.25) is 0 Å². The molecule has 1 aromatic heterocycles. The molecule has 0 spiro atoms. The summed E-state index contributed by atoms with van der Waals surface area (Å²) in [6.45, 7) is 0. The van der Waals surface area contributed by atoms with Gasteiger partial charge in [0.25, 0.3) is 0 Å². The molecule has 0 radical (unpaired) electrons. The number of imidazole rings is 1. The Morgan fingerprint density at radius 3 is 2.94 bits per heavy atom. The molecule has 1 aromatic carbocycles. The Labute approximate surface area is 100 Å². The van der Waals surface area contributed by atoms with Crippen molar-refractivity contribution in [3.8, 4) is 5.75 Å². The second-order valence-corrected chi connectivity index (χ2v) is 4.96. The van der Waals surface area contributed by atoms with Crippen molar-refractivity contribution in [1.29, 1.82) is 0 Å². The van der Waals surface area contributed by atoms with Crippen molar-refractivity contribution in [2.45, 2.75) is 31.2 Å². The molecule has 17 heavy (non-hydrogen) atoms. The number of benzene rings is 1. The first-order chi connectivity index (χ1) is 8.18. The molecule has 90 valence electrons. The van der Waals surface area contributed by atoms with Crippen LogP contribution in [0.2, 0.25) is 0 Å². The lowest BCUT2D eigenvalue weighted by atomic mass is 9.75. The van der Waals surface area contributed by atoms with Crippen molar-refractivity contribution < 1.29 is 4.74 Å². The van der Waals surface area contributed by atoms with Gasteiger partial charge < -0.3 is 15.5 Å². The number of fused-ring (bicyclic) bond motifs is 1. The Morgan fingerprint density at radius 1 is 1.47 bits per heavy atom. The average molecular weight is 231 g/mol. The van der Waals surface area contributed by atoms with Crippen LogP contribution in [0.3, 0.4) is 0 Å². The smallest absolute Gasteiger partial charge is 0.121 e. The summed E-state index contributed by atoms with van der Waals surface area (Å²) in [6.07, 6.45) is 4.29. The maximum absolute atomic E-state index is 6.23. The summed E-state index contributed by atoms with van der Waals surface area (Å²) in [5.74, 6) is 1.83. The second-order valence-electron chi connectivity index (χ2n) is 4.96. The lowest BCUT2D eigenvalue weighted by molar-refractivity contribution is 0.244. The van der Waals surface area contributed by atoms with Gasteiger partial charge in [-0.15, -0.1) is 0 Å². The molecule has 0 atom stereocenters. The SMILES string of the molecule is COc1ccc2nc(CC3(N)CCC3)[nH]c2c1. The fourth-order valence-corrected chi connectivity index (χ4v) is 2.39. The van der Waals surface area contributed by atoms with Gasteiger partial charge in [-0.25, -0.2) is 4.98 Å². The number of methoxy groups -OCH3 is 1. The highest BCUT2D eigenvalue weighted by atomic mass is 16.5. The van der Waals surface area contributed by atoms with Crippen molar-refractivity contribution in [3.63, 3.8) is 0 Å². The zero-order valence-electron chi connectivity index (χ0n) is 9.99. The summed E-state index contributed by atoms with van der Waals surface area (Å²) in [4.78, 5) is 7.89. The van der Waals surface area contributed by atoms with Crippen molar-refractivity contribution >= 4 is 11.0 Å². The van der Waals surface area contributed by atoms with Gasteiger partial charge in [0.05, 0.1) is 18.1 Å². The molecule has 0 aliphatic heterocycles.